The second-order valence-corrected chi connectivity index (χ2v) is 4.70. The van der Waals surface area contributed by atoms with Crippen molar-refractivity contribution in [2.75, 3.05) is 6.61 Å². The number of nitrogens with one attached hydrogen (secondary N) is 1. The molecule has 0 aliphatic heterocycles. The Morgan fingerprint density at radius 2 is 2.06 bits per heavy atom. The number of nitrogens with two attached hydrogens (primary N) is 1. The van der Waals surface area contributed by atoms with Gasteiger partial charge in [-0.15, -0.1) is 0 Å². The monoisotopic (exact) mass is 251 g/mol. The van der Waals surface area contributed by atoms with Crippen molar-refractivity contribution in [2.24, 2.45) is 10.9 Å². The van der Waals surface area contributed by atoms with Crippen molar-refractivity contribution in [3.05, 3.63) is 35.9 Å². The highest BCUT2D eigenvalue weighted by Gasteiger charge is 2.27. The predicted octanol–water partition coefficient (Wildman–Crippen LogP) is 1.01. The van der Waals surface area contributed by atoms with Crippen molar-refractivity contribution < 1.29 is 10.3 Å². The van der Waals surface area contributed by atoms with Gasteiger partial charge in [-0.3, -0.25) is 0 Å². The molecule has 0 heterocycles. The number of aliphatic hydroxyl groups is 1. The van der Waals surface area contributed by atoms with Crippen LogP contribution in [0.1, 0.15) is 25.8 Å². The minimum atomic E-state index is -0.545. The van der Waals surface area contributed by atoms with Gasteiger partial charge in [-0.25, -0.2) is 0 Å². The van der Waals surface area contributed by atoms with Gasteiger partial charge < -0.3 is 21.4 Å². The van der Waals surface area contributed by atoms with E-state index < -0.39 is 5.54 Å². The molecule has 0 aromatic heterocycles. The molecule has 5 nitrogen and oxygen atoms in total. The van der Waals surface area contributed by atoms with Gasteiger partial charge in [0.15, 0.2) is 0 Å². The van der Waals surface area contributed by atoms with Gasteiger partial charge in [0.25, 0.3) is 0 Å². The number of amidine groups is 1. The number of benzene rings is 1. The molecule has 0 fully saturated rings. The molecule has 0 saturated heterocycles. The molecule has 5 N–H and O–H groups in total. The fourth-order valence-electron chi connectivity index (χ4n) is 1.98. The third-order valence-corrected chi connectivity index (χ3v) is 2.94. The summed E-state index contributed by atoms with van der Waals surface area (Å²) in [6.07, 6.45) is 0.416. The maximum absolute atomic E-state index is 9.61. The van der Waals surface area contributed by atoms with E-state index in [-0.39, 0.29) is 18.5 Å². The van der Waals surface area contributed by atoms with E-state index in [4.69, 9.17) is 10.9 Å². The van der Waals surface area contributed by atoms with Crippen LogP contribution in [0.5, 0.6) is 0 Å². The van der Waals surface area contributed by atoms with Crippen LogP contribution in [-0.2, 0) is 5.54 Å². The minimum absolute atomic E-state index is 0.0155. The molecule has 18 heavy (non-hydrogen) atoms. The fourth-order valence-corrected chi connectivity index (χ4v) is 1.98. The van der Waals surface area contributed by atoms with Gasteiger partial charge in [0.05, 0.1) is 12.1 Å². The molecule has 0 bridgehead atoms. The average Bonchev–Trinajstić information content (AvgIpc) is 2.39. The molecule has 5 heteroatoms. The van der Waals surface area contributed by atoms with Crippen molar-refractivity contribution in [1.29, 1.82) is 0 Å². The number of aliphatic hydroxyl groups excluding tert-OH is 1. The zero-order chi connectivity index (χ0) is 13.6. The van der Waals surface area contributed by atoms with Gasteiger partial charge in [-0.05, 0) is 19.4 Å². The standard InChI is InChI=1S/C13H21N3O2/c1-10(8-12(14)16-18)15-13(2,9-17)11-6-4-3-5-7-11/h3-7,10,15,17-18H,8-9H2,1-2H3,(H2,14,16). The third kappa shape index (κ3) is 3.72. The summed E-state index contributed by atoms with van der Waals surface area (Å²) in [4.78, 5) is 0. The van der Waals surface area contributed by atoms with E-state index in [0.29, 0.717) is 6.42 Å². The number of nitrogens with zero attached hydrogens (tertiary/aromatic N) is 1. The lowest BCUT2D eigenvalue weighted by Gasteiger charge is -2.32. The quantitative estimate of drug-likeness (QED) is 0.263. The molecule has 0 saturated carbocycles. The summed E-state index contributed by atoms with van der Waals surface area (Å²) in [6, 6.07) is 9.69. The summed E-state index contributed by atoms with van der Waals surface area (Å²) in [7, 11) is 0. The Hall–Kier alpha value is -1.59. The lowest BCUT2D eigenvalue weighted by molar-refractivity contribution is 0.164. The van der Waals surface area contributed by atoms with Crippen LogP contribution in [0.15, 0.2) is 35.5 Å². The van der Waals surface area contributed by atoms with E-state index in [0.717, 1.165) is 5.56 Å². The molecule has 0 amide bonds. The van der Waals surface area contributed by atoms with Crippen LogP contribution in [0.4, 0.5) is 0 Å². The molecule has 1 aromatic carbocycles. The molecule has 2 unspecified atom stereocenters. The second-order valence-electron chi connectivity index (χ2n) is 4.70. The third-order valence-electron chi connectivity index (χ3n) is 2.94. The molecule has 0 aliphatic carbocycles. The van der Waals surface area contributed by atoms with Crippen molar-refractivity contribution in [1.82, 2.24) is 5.32 Å². The molecule has 1 aromatic rings. The normalized spacial score (nSPS) is 17.2. The lowest BCUT2D eigenvalue weighted by atomic mass is 9.91. The minimum Gasteiger partial charge on any atom is -0.409 e. The van der Waals surface area contributed by atoms with Crippen LogP contribution in [0.3, 0.4) is 0 Å². The van der Waals surface area contributed by atoms with Crippen LogP contribution in [-0.4, -0.2) is 28.8 Å². The smallest absolute Gasteiger partial charge is 0.140 e. The van der Waals surface area contributed by atoms with Crippen molar-refractivity contribution in [3.63, 3.8) is 0 Å². The number of oxime groups is 1. The van der Waals surface area contributed by atoms with E-state index in [1.807, 2.05) is 44.2 Å². The van der Waals surface area contributed by atoms with Crippen LogP contribution < -0.4 is 11.1 Å². The molecule has 1 rings (SSSR count). The molecule has 100 valence electrons. The summed E-state index contributed by atoms with van der Waals surface area (Å²) in [5.41, 5.74) is 5.92. The summed E-state index contributed by atoms with van der Waals surface area (Å²) in [5, 5.41) is 24.4. The highest BCUT2D eigenvalue weighted by molar-refractivity contribution is 5.80. The molecule has 0 radical (unpaired) electrons. The van der Waals surface area contributed by atoms with Gasteiger partial charge in [0.2, 0.25) is 0 Å². The molecule has 2 atom stereocenters. The first-order valence-corrected chi connectivity index (χ1v) is 5.92. The second kappa shape index (κ2) is 6.37. The highest BCUT2D eigenvalue weighted by atomic mass is 16.4. The van der Waals surface area contributed by atoms with Gasteiger partial charge in [0, 0.05) is 12.5 Å². The summed E-state index contributed by atoms with van der Waals surface area (Å²) in [6.45, 7) is 3.82. The van der Waals surface area contributed by atoms with Crippen LogP contribution in [0.25, 0.3) is 0 Å². The summed E-state index contributed by atoms with van der Waals surface area (Å²) >= 11 is 0. The predicted molar refractivity (Wildman–Crippen MR) is 71.5 cm³/mol. The Balaban J connectivity index is 2.77. The molecular weight excluding hydrogens is 230 g/mol. The Kier molecular flexibility index (Phi) is 5.12. The Morgan fingerprint density at radius 3 is 2.56 bits per heavy atom. The van der Waals surface area contributed by atoms with Crippen LogP contribution in [0, 0.1) is 0 Å². The van der Waals surface area contributed by atoms with Gasteiger partial charge >= 0.3 is 0 Å². The Bertz CT molecular complexity index is 394. The van der Waals surface area contributed by atoms with Gasteiger partial charge in [-0.1, -0.05) is 35.5 Å². The number of rotatable bonds is 6. The Morgan fingerprint density at radius 1 is 1.44 bits per heavy atom. The lowest BCUT2D eigenvalue weighted by Crippen LogP contribution is -2.48. The van der Waals surface area contributed by atoms with Gasteiger partial charge in [-0.2, -0.15) is 0 Å². The SMILES string of the molecule is CC(C/C(N)=N/O)NC(C)(CO)c1ccccc1. The van der Waals surface area contributed by atoms with Crippen LogP contribution in [0.2, 0.25) is 0 Å². The van der Waals surface area contributed by atoms with Crippen molar-refractivity contribution in [2.45, 2.75) is 31.8 Å². The maximum Gasteiger partial charge on any atom is 0.140 e. The zero-order valence-corrected chi connectivity index (χ0v) is 10.8. The first-order chi connectivity index (χ1) is 8.51. The first kappa shape index (κ1) is 14.5. The average molecular weight is 251 g/mol. The molecule has 0 spiro atoms. The van der Waals surface area contributed by atoms with E-state index in [1.54, 1.807) is 0 Å². The number of hydrogen-bond donors (Lipinski definition) is 4. The fraction of sp³-hybridized carbons (Fsp3) is 0.462. The zero-order valence-electron chi connectivity index (χ0n) is 10.8. The largest absolute Gasteiger partial charge is 0.409 e. The van der Waals surface area contributed by atoms with Crippen molar-refractivity contribution >= 4 is 5.84 Å². The summed E-state index contributed by atoms with van der Waals surface area (Å²) < 4.78 is 0. The van der Waals surface area contributed by atoms with E-state index in [1.165, 1.54) is 0 Å². The molecular formula is C13H21N3O2. The highest BCUT2D eigenvalue weighted by Crippen LogP contribution is 2.20. The van der Waals surface area contributed by atoms with E-state index in [2.05, 4.69) is 10.5 Å². The summed E-state index contributed by atoms with van der Waals surface area (Å²) in [5.74, 6) is 0.170. The number of hydrogen-bond acceptors (Lipinski definition) is 4. The maximum atomic E-state index is 9.61. The first-order valence-electron chi connectivity index (χ1n) is 5.92. The topological polar surface area (TPSA) is 90.9 Å². The van der Waals surface area contributed by atoms with Crippen LogP contribution >= 0.6 is 0 Å². The van der Waals surface area contributed by atoms with E-state index in [9.17, 15) is 5.11 Å². The Labute approximate surface area is 107 Å². The van der Waals surface area contributed by atoms with E-state index >= 15 is 0 Å². The van der Waals surface area contributed by atoms with Gasteiger partial charge in [0.1, 0.15) is 5.84 Å². The molecule has 0 aliphatic rings. The van der Waals surface area contributed by atoms with Crippen molar-refractivity contribution in [3.8, 4) is 0 Å².